The van der Waals surface area contributed by atoms with Gasteiger partial charge in [0.2, 0.25) is 0 Å². The van der Waals surface area contributed by atoms with Crippen molar-refractivity contribution in [2.24, 2.45) is 5.73 Å². The number of carbonyl (C=O) groups is 2. The first kappa shape index (κ1) is 33.5. The molecule has 1 atom stereocenters. The summed E-state index contributed by atoms with van der Waals surface area (Å²) in [6.45, 7) is -0.345. The van der Waals surface area contributed by atoms with E-state index in [0.717, 1.165) is 30.7 Å². The Morgan fingerprint density at radius 2 is 1.65 bits per heavy atom. The number of nitrogens with zero attached hydrogens (tertiary/aromatic N) is 3. The molecule has 1 aliphatic carbocycles. The predicted molar refractivity (Wildman–Crippen MR) is 170 cm³/mol. The fourth-order valence-corrected chi connectivity index (χ4v) is 6.37. The third-order valence-electron chi connectivity index (χ3n) is 8.49. The number of Topliss-reactive ketones (excluding diaryl/α,β-unsaturated/α-hetero) is 1. The Bertz CT molecular complexity index is 1990. The lowest BCUT2D eigenvalue weighted by atomic mass is 9.86. The standard InChI is InChI=1S/C37H31F5N4O3/c38-25-16-22(17-26(39)20-25)15-24(34-29(10-6-14-44-34)23-12-13-32(40)31(19-23)36(43)48)18-27(47)21-46-33-11-5-4-9-30(33)35(45-46)37(41,42)49-28-7-2-1-3-8-28/h1-3,6-8,10,12-14,16-17,19-20,24H,4-5,9,11,15,18,21H2,(H2,43,48)/t24-/m1/s1. The zero-order valence-electron chi connectivity index (χ0n) is 26.1. The number of halogens is 5. The highest BCUT2D eigenvalue weighted by atomic mass is 19.3. The molecular formula is C37H31F5N4O3. The van der Waals surface area contributed by atoms with Crippen LogP contribution in [0.1, 0.15) is 63.7 Å². The molecule has 7 nitrogen and oxygen atoms in total. The third kappa shape index (κ3) is 7.53. The molecule has 2 aromatic heterocycles. The van der Waals surface area contributed by atoms with Gasteiger partial charge in [-0.05, 0) is 85.7 Å². The summed E-state index contributed by atoms with van der Waals surface area (Å²) in [4.78, 5) is 30.2. The maximum atomic E-state index is 15.5. The zero-order chi connectivity index (χ0) is 34.7. The van der Waals surface area contributed by atoms with Crippen molar-refractivity contribution in [1.82, 2.24) is 14.8 Å². The van der Waals surface area contributed by atoms with Gasteiger partial charge >= 0.3 is 6.11 Å². The Hall–Kier alpha value is -5.39. The molecule has 1 aliphatic rings. The van der Waals surface area contributed by atoms with E-state index in [1.807, 2.05) is 0 Å². The van der Waals surface area contributed by atoms with E-state index in [4.69, 9.17) is 10.5 Å². The number of para-hydroxylation sites is 1. The summed E-state index contributed by atoms with van der Waals surface area (Å²) in [5.41, 5.74) is 6.77. The van der Waals surface area contributed by atoms with Crippen LogP contribution in [0.4, 0.5) is 22.0 Å². The molecule has 0 fully saturated rings. The molecule has 0 saturated heterocycles. The number of benzene rings is 3. The molecule has 0 spiro atoms. The molecule has 0 radical (unpaired) electrons. The van der Waals surface area contributed by atoms with Gasteiger partial charge in [0.1, 0.15) is 23.2 Å². The smallest absolute Gasteiger partial charge is 0.428 e. The molecule has 2 heterocycles. The van der Waals surface area contributed by atoms with Gasteiger partial charge in [0.15, 0.2) is 11.5 Å². The summed E-state index contributed by atoms with van der Waals surface area (Å²) in [6, 6.07) is 17.8. The summed E-state index contributed by atoms with van der Waals surface area (Å²) in [7, 11) is 0. The van der Waals surface area contributed by atoms with Crippen LogP contribution in [-0.2, 0) is 36.7 Å². The number of nitrogens with two attached hydrogens (primary N) is 1. The Morgan fingerprint density at radius 3 is 2.39 bits per heavy atom. The molecule has 0 aliphatic heterocycles. The second kappa shape index (κ2) is 14.0. The van der Waals surface area contributed by atoms with Gasteiger partial charge in [-0.2, -0.15) is 13.9 Å². The van der Waals surface area contributed by atoms with Crippen molar-refractivity contribution in [3.05, 3.63) is 136 Å². The maximum absolute atomic E-state index is 15.5. The number of pyridine rings is 1. The lowest BCUT2D eigenvalue weighted by Crippen LogP contribution is -2.25. The largest absolute Gasteiger partial charge is 0.446 e. The highest BCUT2D eigenvalue weighted by Gasteiger charge is 2.42. The molecule has 0 bridgehead atoms. The number of hydrogen-bond donors (Lipinski definition) is 1. The maximum Gasteiger partial charge on any atom is 0.446 e. The molecule has 6 rings (SSSR count). The van der Waals surface area contributed by atoms with E-state index in [0.29, 0.717) is 47.3 Å². The van der Waals surface area contributed by atoms with Crippen LogP contribution in [0.3, 0.4) is 0 Å². The van der Waals surface area contributed by atoms with Crippen molar-refractivity contribution < 1.29 is 36.3 Å². The normalized spacial score (nSPS) is 13.5. The van der Waals surface area contributed by atoms with Gasteiger partial charge in [-0.1, -0.05) is 30.3 Å². The number of ether oxygens (including phenoxy) is 1. The van der Waals surface area contributed by atoms with Gasteiger partial charge in [0.25, 0.3) is 5.91 Å². The number of carbonyl (C=O) groups excluding carboxylic acids is 2. The first-order valence-corrected chi connectivity index (χ1v) is 15.7. The summed E-state index contributed by atoms with van der Waals surface area (Å²) in [6.07, 6.45) is -0.325. The van der Waals surface area contributed by atoms with Crippen molar-refractivity contribution in [2.45, 2.75) is 57.1 Å². The fourth-order valence-electron chi connectivity index (χ4n) is 6.37. The number of amides is 1. The van der Waals surface area contributed by atoms with Crippen molar-refractivity contribution in [3.63, 3.8) is 0 Å². The number of ketones is 1. The van der Waals surface area contributed by atoms with Crippen molar-refractivity contribution in [3.8, 4) is 16.9 Å². The van der Waals surface area contributed by atoms with Crippen LogP contribution in [0.5, 0.6) is 5.75 Å². The van der Waals surface area contributed by atoms with Crippen LogP contribution in [0, 0.1) is 17.5 Å². The number of hydrogen-bond acceptors (Lipinski definition) is 5. The molecule has 49 heavy (non-hydrogen) atoms. The van der Waals surface area contributed by atoms with Crippen molar-refractivity contribution >= 4 is 11.7 Å². The molecule has 5 aromatic rings. The highest BCUT2D eigenvalue weighted by Crippen LogP contribution is 2.38. The van der Waals surface area contributed by atoms with Crippen LogP contribution in [0.25, 0.3) is 11.1 Å². The lowest BCUT2D eigenvalue weighted by molar-refractivity contribution is -0.189. The second-order valence-corrected chi connectivity index (χ2v) is 12.0. The van der Waals surface area contributed by atoms with E-state index in [2.05, 4.69) is 10.1 Å². The first-order valence-electron chi connectivity index (χ1n) is 15.7. The molecule has 2 N–H and O–H groups in total. The van der Waals surface area contributed by atoms with Crippen molar-refractivity contribution in [1.29, 1.82) is 0 Å². The van der Waals surface area contributed by atoms with E-state index in [1.54, 1.807) is 30.3 Å². The molecule has 0 unspecified atom stereocenters. The van der Waals surface area contributed by atoms with E-state index in [1.165, 1.54) is 35.1 Å². The van der Waals surface area contributed by atoms with Gasteiger partial charge < -0.3 is 10.5 Å². The van der Waals surface area contributed by atoms with Crippen LogP contribution in [0.15, 0.2) is 85.1 Å². The van der Waals surface area contributed by atoms with Gasteiger partial charge in [-0.3, -0.25) is 19.3 Å². The van der Waals surface area contributed by atoms with Crippen LogP contribution >= 0.6 is 0 Å². The summed E-state index contributed by atoms with van der Waals surface area (Å²) < 4.78 is 80.2. The summed E-state index contributed by atoms with van der Waals surface area (Å²) in [5, 5.41) is 4.21. The summed E-state index contributed by atoms with van der Waals surface area (Å²) in [5.74, 6) is -4.61. The minimum atomic E-state index is -3.76. The first-order chi connectivity index (χ1) is 23.5. The number of primary amides is 1. The van der Waals surface area contributed by atoms with Crippen LogP contribution in [-0.4, -0.2) is 26.5 Å². The average molecular weight is 675 g/mol. The van der Waals surface area contributed by atoms with Crippen LogP contribution < -0.4 is 10.5 Å². The Balaban J connectivity index is 1.34. The number of aromatic nitrogens is 3. The topological polar surface area (TPSA) is 100 Å². The molecule has 1 amide bonds. The average Bonchev–Trinajstić information content (AvgIpc) is 3.43. The number of alkyl halides is 2. The minimum Gasteiger partial charge on any atom is -0.428 e. The van der Waals surface area contributed by atoms with Crippen molar-refractivity contribution in [2.75, 3.05) is 0 Å². The monoisotopic (exact) mass is 674 g/mol. The quantitative estimate of drug-likeness (QED) is 0.139. The number of fused-ring (bicyclic) bond motifs is 1. The van der Waals surface area contributed by atoms with Gasteiger partial charge in [-0.15, -0.1) is 0 Å². The number of rotatable bonds is 12. The molecular weight excluding hydrogens is 643 g/mol. The fraction of sp³-hybridized carbons (Fsp3) is 0.243. The zero-order valence-corrected chi connectivity index (χ0v) is 26.1. The predicted octanol–water partition coefficient (Wildman–Crippen LogP) is 7.45. The molecule has 3 aromatic carbocycles. The van der Waals surface area contributed by atoms with E-state index in [-0.39, 0.29) is 36.3 Å². The van der Waals surface area contributed by atoms with E-state index in [9.17, 15) is 22.8 Å². The second-order valence-electron chi connectivity index (χ2n) is 12.0. The van der Waals surface area contributed by atoms with E-state index >= 15 is 8.78 Å². The third-order valence-corrected chi connectivity index (χ3v) is 8.49. The Morgan fingerprint density at radius 1 is 0.918 bits per heavy atom. The molecule has 0 saturated carbocycles. The van der Waals surface area contributed by atoms with Gasteiger partial charge in [0.05, 0.1) is 17.8 Å². The SMILES string of the molecule is NC(=O)c1cc(-c2cccnc2[C@@H](CC(=O)Cn2nc(C(F)(F)Oc3ccccc3)c3c2CCCC3)Cc2cc(F)cc(F)c2)ccc1F. The van der Waals surface area contributed by atoms with E-state index < -0.39 is 46.9 Å². The minimum absolute atomic E-state index is 0.0280. The summed E-state index contributed by atoms with van der Waals surface area (Å²) >= 11 is 0. The van der Waals surface area contributed by atoms with Gasteiger partial charge in [-0.25, -0.2) is 13.2 Å². The lowest BCUT2D eigenvalue weighted by Gasteiger charge is -2.20. The molecule has 12 heteroatoms. The highest BCUT2D eigenvalue weighted by molar-refractivity contribution is 5.94. The van der Waals surface area contributed by atoms with Crippen LogP contribution in [0.2, 0.25) is 0 Å². The van der Waals surface area contributed by atoms with Gasteiger partial charge in [0, 0.05) is 41.4 Å². The molecule has 252 valence electrons. The Labute approximate surface area is 278 Å². The Kier molecular flexibility index (Phi) is 9.57.